The monoisotopic (exact) mass is 280 g/mol. The average Bonchev–Trinajstić information content (AvgIpc) is 2.40. The normalized spacial score (nSPS) is 29.2. The second-order valence-electron chi connectivity index (χ2n) is 4.69. The maximum absolute atomic E-state index is 11.6. The van der Waals surface area contributed by atoms with Crippen LogP contribution < -0.4 is 0 Å². The Kier molecular flexibility index (Phi) is 8.09. The minimum atomic E-state index is -1.87. The van der Waals surface area contributed by atoms with Gasteiger partial charge in [0.15, 0.2) is 11.4 Å². The van der Waals surface area contributed by atoms with Crippen LogP contribution in [0.15, 0.2) is 24.3 Å². The molecule has 0 aliphatic heterocycles. The van der Waals surface area contributed by atoms with E-state index in [1.165, 1.54) is 6.08 Å². The Morgan fingerprint density at radius 2 is 2.00 bits per heavy atom. The van der Waals surface area contributed by atoms with Gasteiger partial charge in [0, 0.05) is 6.42 Å². The van der Waals surface area contributed by atoms with Crippen LogP contribution in [0.1, 0.15) is 39.5 Å². The van der Waals surface area contributed by atoms with Gasteiger partial charge in [0.05, 0.1) is 0 Å². The smallest absolute Gasteiger partial charge is 0.189 e. The second kappa shape index (κ2) is 8.70. The molecule has 0 aromatic rings. The number of carbonyl (C=O) groups excluding carboxylic acids is 1. The van der Waals surface area contributed by atoms with Crippen molar-refractivity contribution < 1.29 is 20.1 Å². The Morgan fingerprint density at radius 1 is 1.35 bits per heavy atom. The number of unbranched alkanes of at least 4 members (excludes halogenated alkanes) is 2. The Balaban J connectivity index is 0.00000361. The minimum Gasteiger partial charge on any atom is -0.387 e. The third-order valence-electron chi connectivity index (χ3n) is 3.23. The van der Waals surface area contributed by atoms with Gasteiger partial charge in [-0.05, 0) is 37.8 Å². The first-order valence-corrected chi connectivity index (χ1v) is 6.42. The molecule has 1 aliphatic rings. The number of hydrogen-bond acceptors (Lipinski definition) is 4. The molecule has 0 fully saturated rings. The molecule has 3 N–H and O–H groups in total. The van der Waals surface area contributed by atoms with Crippen molar-refractivity contribution >= 4 is 5.78 Å². The number of aliphatic hydroxyl groups is 3. The average molecular weight is 280 g/mol. The molecule has 1 rings (SSSR count). The lowest BCUT2D eigenvalue weighted by atomic mass is 9.80. The van der Waals surface area contributed by atoms with Crippen molar-refractivity contribution in [3.8, 4) is 12.3 Å². The van der Waals surface area contributed by atoms with Gasteiger partial charge >= 0.3 is 0 Å². The third-order valence-corrected chi connectivity index (χ3v) is 3.23. The van der Waals surface area contributed by atoms with Gasteiger partial charge in [0.1, 0.15) is 12.2 Å². The zero-order valence-corrected chi connectivity index (χ0v) is 10.8. The van der Waals surface area contributed by atoms with Crippen LogP contribution in [0.4, 0.5) is 0 Å². The summed E-state index contributed by atoms with van der Waals surface area (Å²) in [5, 5.41) is 29.3. The highest BCUT2D eigenvalue weighted by molar-refractivity contribution is 5.98. The standard InChI is InChI=1S/C15H20O4.CH4/c1-2-3-4-5-6-7-8-11-15(19)13(17)10-9-12(16)14(15)18;/h1,5-6,9-10,12,14,16,18-19H,3-4,7-8,11H2;1H4/b6-5-;/t12-,14+,15-;/m0./s1. The van der Waals surface area contributed by atoms with Crippen molar-refractivity contribution in [1.82, 2.24) is 0 Å². The molecule has 0 spiro atoms. The first-order valence-electron chi connectivity index (χ1n) is 6.42. The second-order valence-corrected chi connectivity index (χ2v) is 4.69. The summed E-state index contributed by atoms with van der Waals surface area (Å²) in [4.78, 5) is 11.6. The molecule has 112 valence electrons. The summed E-state index contributed by atoms with van der Waals surface area (Å²) < 4.78 is 0. The molecule has 0 unspecified atom stereocenters. The maximum atomic E-state index is 11.6. The summed E-state index contributed by atoms with van der Waals surface area (Å²) in [5.74, 6) is 1.97. The molecule has 0 bridgehead atoms. The van der Waals surface area contributed by atoms with Gasteiger partial charge in [-0.25, -0.2) is 0 Å². The van der Waals surface area contributed by atoms with Crippen LogP contribution in [-0.2, 0) is 4.79 Å². The fourth-order valence-electron chi connectivity index (χ4n) is 2.03. The van der Waals surface area contributed by atoms with E-state index >= 15 is 0 Å². The van der Waals surface area contributed by atoms with Gasteiger partial charge in [-0.3, -0.25) is 4.79 Å². The van der Waals surface area contributed by atoms with Crippen LogP contribution in [0.3, 0.4) is 0 Å². The summed E-state index contributed by atoms with van der Waals surface area (Å²) >= 11 is 0. The van der Waals surface area contributed by atoms with E-state index in [2.05, 4.69) is 5.92 Å². The van der Waals surface area contributed by atoms with Crippen molar-refractivity contribution in [2.75, 3.05) is 0 Å². The van der Waals surface area contributed by atoms with Crippen LogP contribution in [0.2, 0.25) is 0 Å². The van der Waals surface area contributed by atoms with Crippen molar-refractivity contribution in [3.63, 3.8) is 0 Å². The molecule has 0 saturated carbocycles. The van der Waals surface area contributed by atoms with Crippen molar-refractivity contribution in [2.24, 2.45) is 0 Å². The molecular weight excluding hydrogens is 256 g/mol. The predicted molar refractivity (Wildman–Crippen MR) is 78.9 cm³/mol. The van der Waals surface area contributed by atoms with E-state index in [0.717, 1.165) is 12.5 Å². The van der Waals surface area contributed by atoms with Gasteiger partial charge in [0.25, 0.3) is 0 Å². The highest BCUT2D eigenvalue weighted by Gasteiger charge is 2.46. The SMILES string of the molecule is C.C#CCC/C=C\CCC[C@]1(O)C(=O)C=C[C@H](O)[C@H]1O. The zero-order chi connectivity index (χ0) is 14.3. The minimum absolute atomic E-state index is 0. The number of hydrogen-bond donors (Lipinski definition) is 3. The zero-order valence-electron chi connectivity index (χ0n) is 10.8. The molecule has 0 amide bonds. The molecule has 0 heterocycles. The van der Waals surface area contributed by atoms with Crippen LogP contribution in [0.25, 0.3) is 0 Å². The van der Waals surface area contributed by atoms with Gasteiger partial charge in [-0.2, -0.15) is 0 Å². The molecule has 0 aromatic carbocycles. The Morgan fingerprint density at radius 3 is 2.65 bits per heavy atom. The maximum Gasteiger partial charge on any atom is 0.189 e. The summed E-state index contributed by atoms with van der Waals surface area (Å²) in [6, 6.07) is 0. The predicted octanol–water partition coefficient (Wildman–Crippen LogP) is 1.35. The lowest BCUT2D eigenvalue weighted by Gasteiger charge is -2.35. The number of rotatable bonds is 6. The van der Waals surface area contributed by atoms with Crippen LogP contribution in [0.5, 0.6) is 0 Å². The molecule has 4 nitrogen and oxygen atoms in total. The largest absolute Gasteiger partial charge is 0.387 e. The Hall–Kier alpha value is -1.41. The summed E-state index contributed by atoms with van der Waals surface area (Å²) in [6.07, 6.45) is 11.5. The number of terminal acetylenes is 1. The number of ketones is 1. The summed E-state index contributed by atoms with van der Waals surface area (Å²) in [5.41, 5.74) is -1.87. The van der Waals surface area contributed by atoms with Gasteiger partial charge in [0.2, 0.25) is 0 Å². The van der Waals surface area contributed by atoms with E-state index in [-0.39, 0.29) is 13.8 Å². The van der Waals surface area contributed by atoms with Gasteiger partial charge in [-0.15, -0.1) is 12.3 Å². The van der Waals surface area contributed by atoms with E-state index < -0.39 is 23.6 Å². The molecular formula is C16H24O4. The fraction of sp³-hybridized carbons (Fsp3) is 0.562. The molecule has 3 atom stereocenters. The van der Waals surface area contributed by atoms with E-state index in [4.69, 9.17) is 6.42 Å². The number of allylic oxidation sites excluding steroid dienone is 2. The third kappa shape index (κ3) is 4.61. The van der Waals surface area contributed by atoms with Crippen LogP contribution in [-0.4, -0.2) is 38.9 Å². The lowest BCUT2D eigenvalue weighted by Crippen LogP contribution is -2.56. The van der Waals surface area contributed by atoms with Gasteiger partial charge in [-0.1, -0.05) is 19.6 Å². The van der Waals surface area contributed by atoms with Crippen LogP contribution >= 0.6 is 0 Å². The van der Waals surface area contributed by atoms with Crippen molar-refractivity contribution in [3.05, 3.63) is 24.3 Å². The topological polar surface area (TPSA) is 77.8 Å². The highest BCUT2D eigenvalue weighted by Crippen LogP contribution is 2.27. The number of carbonyl (C=O) groups is 1. The van der Waals surface area contributed by atoms with Gasteiger partial charge < -0.3 is 15.3 Å². The van der Waals surface area contributed by atoms with Crippen molar-refractivity contribution in [2.45, 2.75) is 57.3 Å². The molecule has 4 heteroatoms. The van der Waals surface area contributed by atoms with E-state index in [0.29, 0.717) is 19.3 Å². The Bertz CT molecular complexity index is 405. The first kappa shape index (κ1) is 18.6. The summed E-state index contributed by atoms with van der Waals surface area (Å²) in [7, 11) is 0. The first-order chi connectivity index (χ1) is 9.02. The summed E-state index contributed by atoms with van der Waals surface area (Å²) in [6.45, 7) is 0. The van der Waals surface area contributed by atoms with Crippen molar-refractivity contribution in [1.29, 1.82) is 0 Å². The molecule has 1 aliphatic carbocycles. The molecule has 0 radical (unpaired) electrons. The molecule has 20 heavy (non-hydrogen) atoms. The lowest BCUT2D eigenvalue weighted by molar-refractivity contribution is -0.158. The quantitative estimate of drug-likeness (QED) is 0.390. The Labute approximate surface area is 120 Å². The van der Waals surface area contributed by atoms with E-state index in [9.17, 15) is 20.1 Å². The molecule has 0 aromatic heterocycles. The van der Waals surface area contributed by atoms with E-state index in [1.54, 1.807) is 0 Å². The van der Waals surface area contributed by atoms with E-state index in [1.807, 2.05) is 12.2 Å². The van der Waals surface area contributed by atoms with Crippen LogP contribution in [0, 0.1) is 12.3 Å². The molecule has 0 saturated heterocycles. The number of aliphatic hydroxyl groups excluding tert-OH is 2. The fourth-order valence-corrected chi connectivity index (χ4v) is 2.03. The highest BCUT2D eigenvalue weighted by atomic mass is 16.4.